The second-order valence-corrected chi connectivity index (χ2v) is 9.29. The predicted molar refractivity (Wildman–Crippen MR) is 144 cm³/mol. The Balaban J connectivity index is 1.46. The summed E-state index contributed by atoms with van der Waals surface area (Å²) in [6, 6.07) is 18.4. The number of carbonyl (C=O) groups excluding carboxylic acids is 3. The number of likely N-dealkylation sites (N-methyl/N-ethyl adjacent to an activating group) is 1. The van der Waals surface area contributed by atoms with Gasteiger partial charge in [0.25, 0.3) is 5.91 Å². The van der Waals surface area contributed by atoms with Gasteiger partial charge in [-0.05, 0) is 66.7 Å². The first-order chi connectivity index (χ1) is 20.4. The van der Waals surface area contributed by atoms with Gasteiger partial charge >= 0.3 is 6.18 Å². The molecule has 3 aromatic carbocycles. The topological polar surface area (TPSA) is 92.1 Å². The summed E-state index contributed by atoms with van der Waals surface area (Å²) in [5.74, 6) is -5.00. The van der Waals surface area contributed by atoms with Crippen LogP contribution in [0.5, 0.6) is 11.5 Å². The van der Waals surface area contributed by atoms with Crippen LogP contribution in [0.3, 0.4) is 0 Å². The van der Waals surface area contributed by atoms with Gasteiger partial charge in [-0.2, -0.15) is 13.2 Å². The van der Waals surface area contributed by atoms with E-state index in [1.165, 1.54) is 73.8 Å². The third kappa shape index (κ3) is 8.41. The lowest BCUT2D eigenvalue weighted by atomic mass is 10.2. The third-order valence-electron chi connectivity index (χ3n) is 6.02. The maximum atomic E-state index is 14.1. The Morgan fingerprint density at radius 2 is 1.47 bits per heavy atom. The van der Waals surface area contributed by atoms with Crippen LogP contribution < -0.4 is 10.1 Å². The lowest BCUT2D eigenvalue weighted by molar-refractivity contribution is -0.153. The Morgan fingerprint density at radius 3 is 2.07 bits per heavy atom. The van der Waals surface area contributed by atoms with Gasteiger partial charge < -0.3 is 24.3 Å². The van der Waals surface area contributed by atoms with E-state index in [0.717, 1.165) is 15.9 Å². The van der Waals surface area contributed by atoms with E-state index >= 15 is 0 Å². The first-order valence-corrected chi connectivity index (χ1v) is 12.7. The molecule has 4 aromatic rings. The Morgan fingerprint density at radius 1 is 0.837 bits per heavy atom. The monoisotopic (exact) mass is 601 g/mol. The zero-order valence-corrected chi connectivity index (χ0v) is 22.5. The Kier molecular flexibility index (Phi) is 9.43. The van der Waals surface area contributed by atoms with Crippen molar-refractivity contribution in [1.29, 1.82) is 0 Å². The van der Waals surface area contributed by atoms with Gasteiger partial charge in [0.05, 0.1) is 0 Å². The van der Waals surface area contributed by atoms with E-state index in [1.54, 1.807) is 6.07 Å². The fourth-order valence-electron chi connectivity index (χ4n) is 3.83. The number of furan rings is 1. The standard InChI is InChI=1S/C30H24F5N3O5/c1-37(16-19-4-2-3-5-24(19)32)28(40)18-38(29(41)25-14-15-26(43-25)30(33,34)35)17-27(39)36-21-8-12-23(13-9-21)42-22-10-6-20(31)7-11-22/h2-15H,16-18H2,1H3,(H,36,39). The van der Waals surface area contributed by atoms with Gasteiger partial charge in [0.1, 0.15) is 36.2 Å². The highest BCUT2D eigenvalue weighted by Crippen LogP contribution is 2.31. The molecular formula is C30H24F5N3O5. The normalized spacial score (nSPS) is 11.1. The molecule has 43 heavy (non-hydrogen) atoms. The number of rotatable bonds is 10. The van der Waals surface area contributed by atoms with Crippen molar-refractivity contribution in [1.82, 2.24) is 9.80 Å². The lowest BCUT2D eigenvalue weighted by Gasteiger charge is -2.24. The first kappa shape index (κ1) is 30.8. The molecule has 0 radical (unpaired) electrons. The van der Waals surface area contributed by atoms with Gasteiger partial charge in [0.15, 0.2) is 5.76 Å². The molecule has 224 valence electrons. The zero-order valence-electron chi connectivity index (χ0n) is 22.5. The summed E-state index contributed by atoms with van der Waals surface area (Å²) in [5.41, 5.74) is 0.478. The number of amides is 3. The molecule has 4 rings (SSSR count). The van der Waals surface area contributed by atoms with Gasteiger partial charge in [-0.25, -0.2) is 8.78 Å². The number of benzene rings is 3. The molecule has 0 unspecified atom stereocenters. The van der Waals surface area contributed by atoms with Gasteiger partial charge in [-0.3, -0.25) is 14.4 Å². The van der Waals surface area contributed by atoms with Crippen molar-refractivity contribution in [3.63, 3.8) is 0 Å². The summed E-state index contributed by atoms with van der Waals surface area (Å²) in [6.45, 7) is -1.61. The smallest absolute Gasteiger partial charge is 0.449 e. The van der Waals surface area contributed by atoms with Crippen LogP contribution in [0.1, 0.15) is 21.9 Å². The van der Waals surface area contributed by atoms with E-state index in [9.17, 15) is 36.3 Å². The van der Waals surface area contributed by atoms with Crippen molar-refractivity contribution in [3.8, 4) is 11.5 Å². The minimum atomic E-state index is -4.86. The minimum absolute atomic E-state index is 0.162. The number of carbonyl (C=O) groups is 3. The van der Waals surface area contributed by atoms with Crippen LogP contribution in [-0.4, -0.2) is 47.7 Å². The van der Waals surface area contributed by atoms with Crippen LogP contribution in [-0.2, 0) is 22.3 Å². The van der Waals surface area contributed by atoms with Gasteiger partial charge in [-0.15, -0.1) is 0 Å². The van der Waals surface area contributed by atoms with E-state index in [-0.39, 0.29) is 17.8 Å². The number of nitrogens with one attached hydrogen (secondary N) is 1. The van der Waals surface area contributed by atoms with Crippen molar-refractivity contribution in [3.05, 3.63) is 114 Å². The van der Waals surface area contributed by atoms with Crippen LogP contribution in [0.25, 0.3) is 0 Å². The minimum Gasteiger partial charge on any atom is -0.457 e. The molecule has 0 spiro atoms. The van der Waals surface area contributed by atoms with E-state index in [2.05, 4.69) is 9.73 Å². The van der Waals surface area contributed by atoms with Crippen molar-refractivity contribution in [2.24, 2.45) is 0 Å². The fraction of sp³-hybridized carbons (Fsp3) is 0.167. The average molecular weight is 602 g/mol. The summed E-state index contributed by atoms with van der Waals surface area (Å²) in [4.78, 5) is 40.7. The molecule has 13 heteroatoms. The number of anilines is 1. The Hall–Kier alpha value is -5.20. The van der Waals surface area contributed by atoms with Gasteiger partial charge in [-0.1, -0.05) is 18.2 Å². The molecule has 0 fully saturated rings. The zero-order chi connectivity index (χ0) is 31.1. The SMILES string of the molecule is CN(Cc1ccccc1F)C(=O)CN(CC(=O)Nc1ccc(Oc2ccc(F)cc2)cc1)C(=O)c1ccc(C(F)(F)F)o1. The molecule has 8 nitrogen and oxygen atoms in total. The van der Waals surface area contributed by atoms with E-state index < -0.39 is 60.1 Å². The molecule has 1 aromatic heterocycles. The molecule has 0 aliphatic rings. The number of hydrogen-bond donors (Lipinski definition) is 1. The van der Waals surface area contributed by atoms with Crippen molar-refractivity contribution < 1.29 is 45.5 Å². The largest absolute Gasteiger partial charge is 0.457 e. The molecule has 0 aliphatic heterocycles. The molecule has 0 bridgehead atoms. The van der Waals surface area contributed by atoms with Gasteiger partial charge in [0.2, 0.25) is 17.6 Å². The molecule has 0 saturated heterocycles. The lowest BCUT2D eigenvalue weighted by Crippen LogP contribution is -2.44. The number of nitrogens with zero attached hydrogens (tertiary/aromatic N) is 2. The first-order valence-electron chi connectivity index (χ1n) is 12.7. The van der Waals surface area contributed by atoms with E-state index in [0.29, 0.717) is 17.6 Å². The second kappa shape index (κ2) is 13.2. The van der Waals surface area contributed by atoms with E-state index in [1.807, 2.05) is 0 Å². The Labute approximate surface area is 242 Å². The number of hydrogen-bond acceptors (Lipinski definition) is 5. The number of alkyl halides is 3. The van der Waals surface area contributed by atoms with Crippen LogP contribution in [0.2, 0.25) is 0 Å². The van der Waals surface area contributed by atoms with Crippen LogP contribution in [0.15, 0.2) is 89.3 Å². The average Bonchev–Trinajstić information content (AvgIpc) is 3.47. The number of halogens is 5. The van der Waals surface area contributed by atoms with Crippen molar-refractivity contribution in [2.45, 2.75) is 12.7 Å². The van der Waals surface area contributed by atoms with Crippen molar-refractivity contribution >= 4 is 23.4 Å². The molecule has 0 saturated carbocycles. The summed E-state index contributed by atoms with van der Waals surface area (Å²) >= 11 is 0. The molecule has 1 N–H and O–H groups in total. The number of ether oxygens (including phenoxy) is 1. The molecule has 1 heterocycles. The van der Waals surface area contributed by atoms with Gasteiger partial charge in [0, 0.05) is 24.8 Å². The summed E-state index contributed by atoms with van der Waals surface area (Å²) < 4.78 is 76.5. The Bertz CT molecular complexity index is 1590. The second-order valence-electron chi connectivity index (χ2n) is 9.29. The predicted octanol–water partition coefficient (Wildman–Crippen LogP) is 6.11. The maximum Gasteiger partial charge on any atom is 0.449 e. The highest BCUT2D eigenvalue weighted by Gasteiger charge is 2.36. The van der Waals surface area contributed by atoms with Crippen LogP contribution >= 0.6 is 0 Å². The quantitative estimate of drug-likeness (QED) is 0.222. The van der Waals surface area contributed by atoms with Crippen LogP contribution in [0.4, 0.5) is 27.6 Å². The molecule has 0 aliphatic carbocycles. The maximum absolute atomic E-state index is 14.1. The third-order valence-corrected chi connectivity index (χ3v) is 6.02. The van der Waals surface area contributed by atoms with Crippen LogP contribution in [0, 0.1) is 11.6 Å². The summed E-state index contributed by atoms with van der Waals surface area (Å²) in [5, 5.41) is 2.53. The van der Waals surface area contributed by atoms with E-state index in [4.69, 9.17) is 4.74 Å². The van der Waals surface area contributed by atoms with Crippen molar-refractivity contribution in [2.75, 3.05) is 25.5 Å². The molecule has 0 atom stereocenters. The highest BCUT2D eigenvalue weighted by atomic mass is 19.4. The molecular weight excluding hydrogens is 577 g/mol. The summed E-state index contributed by atoms with van der Waals surface area (Å²) in [7, 11) is 1.35. The highest BCUT2D eigenvalue weighted by molar-refractivity contribution is 5.99. The molecule has 3 amide bonds. The fourth-order valence-corrected chi connectivity index (χ4v) is 3.83. The summed E-state index contributed by atoms with van der Waals surface area (Å²) in [6.07, 6.45) is -4.86.